The average Bonchev–Trinajstić information content (AvgIpc) is 2.03. The Morgan fingerprint density at radius 1 is 1.58 bits per heavy atom. The number of anilines is 1. The van der Waals surface area contributed by atoms with Gasteiger partial charge in [-0.2, -0.15) is 4.39 Å². The van der Waals surface area contributed by atoms with Crippen LogP contribution in [0.2, 0.25) is 0 Å². The molecule has 0 bridgehead atoms. The van der Waals surface area contributed by atoms with Gasteiger partial charge in [0.05, 0.1) is 4.92 Å². The van der Waals surface area contributed by atoms with Crippen LogP contribution >= 0.6 is 0 Å². The molecule has 5 nitrogen and oxygen atoms in total. The van der Waals surface area contributed by atoms with Gasteiger partial charge in [-0.15, -0.1) is 0 Å². The summed E-state index contributed by atoms with van der Waals surface area (Å²) in [6, 6.07) is 3.39. The van der Waals surface area contributed by atoms with Crippen LogP contribution in [0.1, 0.15) is 0 Å². The molecule has 0 aromatic heterocycles. The molecule has 0 amide bonds. The van der Waals surface area contributed by atoms with Gasteiger partial charge in [0.2, 0.25) is 5.82 Å². The van der Waals surface area contributed by atoms with Gasteiger partial charge in [-0.05, 0) is 12.1 Å². The van der Waals surface area contributed by atoms with Crippen molar-refractivity contribution in [3.63, 3.8) is 0 Å². The van der Waals surface area contributed by atoms with E-state index in [1.54, 1.807) is 0 Å². The van der Waals surface area contributed by atoms with Gasteiger partial charge in [0, 0.05) is 0 Å². The van der Waals surface area contributed by atoms with Crippen LogP contribution in [-0.4, -0.2) is 10.1 Å². The Hall–Kier alpha value is -1.69. The van der Waals surface area contributed by atoms with E-state index in [9.17, 15) is 14.5 Å². The predicted octanol–water partition coefficient (Wildman–Crippen LogP) is 1.53. The largest absolute Gasteiger partial charge is 0.329 e. The van der Waals surface area contributed by atoms with Crippen molar-refractivity contribution in [3.05, 3.63) is 34.1 Å². The van der Waals surface area contributed by atoms with E-state index in [0.717, 1.165) is 6.07 Å². The van der Waals surface area contributed by atoms with Crippen LogP contribution in [0.5, 0.6) is 0 Å². The highest BCUT2D eigenvalue weighted by Crippen LogP contribution is 2.26. The first kappa shape index (κ1) is 8.41. The summed E-state index contributed by atoms with van der Waals surface area (Å²) in [4.78, 5) is 9.31. The van der Waals surface area contributed by atoms with E-state index in [0.29, 0.717) is 0 Å². The van der Waals surface area contributed by atoms with Crippen molar-refractivity contribution in [1.29, 1.82) is 0 Å². The van der Waals surface area contributed by atoms with E-state index in [1.807, 2.05) is 0 Å². The van der Waals surface area contributed by atoms with Crippen molar-refractivity contribution in [3.8, 4) is 0 Å². The van der Waals surface area contributed by atoms with Gasteiger partial charge in [0.15, 0.2) is 0 Å². The van der Waals surface area contributed by atoms with Crippen LogP contribution in [-0.2, 0) is 0 Å². The summed E-state index contributed by atoms with van der Waals surface area (Å²) >= 11 is 0. The molecule has 1 aromatic rings. The molecule has 1 aromatic carbocycles. The zero-order chi connectivity index (χ0) is 9.14. The number of nitrogens with one attached hydrogen (secondary N) is 1. The van der Waals surface area contributed by atoms with E-state index in [1.165, 1.54) is 17.6 Å². The molecule has 0 saturated carbocycles. The van der Waals surface area contributed by atoms with Gasteiger partial charge < -0.3 is 0 Å². The fourth-order valence-electron chi connectivity index (χ4n) is 0.791. The molecule has 6 heteroatoms. The lowest BCUT2D eigenvalue weighted by Gasteiger charge is -1.99. The molecule has 0 spiro atoms. The molecular weight excluding hydrogens is 167 g/mol. The van der Waals surface area contributed by atoms with Gasteiger partial charge >= 0.3 is 5.69 Å². The molecule has 0 saturated heterocycles. The second-order valence-electron chi connectivity index (χ2n) is 2.00. The lowest BCUT2D eigenvalue weighted by molar-refractivity contribution is -0.386. The van der Waals surface area contributed by atoms with Crippen molar-refractivity contribution in [2.75, 3.05) is 5.48 Å². The zero-order valence-corrected chi connectivity index (χ0v) is 5.82. The minimum absolute atomic E-state index is 0.264. The van der Waals surface area contributed by atoms with E-state index >= 15 is 0 Å². The highest BCUT2D eigenvalue weighted by atomic mass is 19.1. The molecule has 0 radical (unpaired) electrons. The second kappa shape index (κ2) is 3.14. The fourth-order valence-corrected chi connectivity index (χ4v) is 0.791. The smallest absolute Gasteiger partial charge is 0.291 e. The molecule has 1 rings (SSSR count). The molecule has 0 fully saturated rings. The first-order valence-corrected chi connectivity index (χ1v) is 3.00. The third-order valence-corrected chi connectivity index (χ3v) is 1.29. The Bertz CT molecular complexity index is 316. The highest BCUT2D eigenvalue weighted by Gasteiger charge is 2.18. The number of nitrogens with zero attached hydrogens (tertiary/aromatic N) is 1. The standard InChI is InChI=1S/C6H5FN2O3/c7-4-2-1-3-5(8-10)6(4)9(11)12/h1-3,8,10H. The Labute approximate surface area is 66.5 Å². The fraction of sp³-hybridized carbons (Fsp3) is 0. The molecular formula is C6H5FN2O3. The first-order chi connectivity index (χ1) is 5.66. The Kier molecular flexibility index (Phi) is 2.20. The van der Waals surface area contributed by atoms with Gasteiger partial charge in [-0.25, -0.2) is 0 Å². The molecule has 12 heavy (non-hydrogen) atoms. The van der Waals surface area contributed by atoms with Crippen molar-refractivity contribution < 1.29 is 14.5 Å². The molecule has 0 aliphatic rings. The minimum Gasteiger partial charge on any atom is -0.291 e. The van der Waals surface area contributed by atoms with E-state index in [2.05, 4.69) is 0 Å². The number of hydrogen-bond acceptors (Lipinski definition) is 4. The third-order valence-electron chi connectivity index (χ3n) is 1.29. The molecule has 0 atom stereocenters. The number of rotatable bonds is 2. The van der Waals surface area contributed by atoms with Crippen LogP contribution in [0.4, 0.5) is 15.8 Å². The molecule has 0 heterocycles. The quantitative estimate of drug-likeness (QED) is 0.524. The number of nitro groups is 1. The Morgan fingerprint density at radius 3 is 2.67 bits per heavy atom. The summed E-state index contributed by atoms with van der Waals surface area (Å²) in [6.07, 6.45) is 0. The summed E-state index contributed by atoms with van der Waals surface area (Å²) in [7, 11) is 0. The van der Waals surface area contributed by atoms with E-state index in [-0.39, 0.29) is 5.69 Å². The van der Waals surface area contributed by atoms with Crippen molar-refractivity contribution in [1.82, 2.24) is 0 Å². The van der Waals surface area contributed by atoms with Crippen LogP contribution < -0.4 is 5.48 Å². The molecule has 0 unspecified atom stereocenters. The number of hydrogen-bond donors (Lipinski definition) is 2. The summed E-state index contributed by atoms with van der Waals surface area (Å²) in [5, 5.41) is 18.6. The Morgan fingerprint density at radius 2 is 2.25 bits per heavy atom. The lowest BCUT2D eigenvalue weighted by atomic mass is 10.2. The SMILES string of the molecule is O=[N+]([O-])c1c(F)cccc1NO. The first-order valence-electron chi connectivity index (χ1n) is 3.00. The Balaban J connectivity index is 3.29. The molecule has 0 aliphatic heterocycles. The van der Waals surface area contributed by atoms with Gasteiger partial charge in [0.25, 0.3) is 0 Å². The molecule has 64 valence electrons. The maximum absolute atomic E-state index is 12.7. The van der Waals surface area contributed by atoms with Gasteiger partial charge in [-0.1, -0.05) is 6.07 Å². The van der Waals surface area contributed by atoms with Crippen molar-refractivity contribution in [2.24, 2.45) is 0 Å². The molecule has 2 N–H and O–H groups in total. The topological polar surface area (TPSA) is 75.4 Å². The molecule has 0 aliphatic carbocycles. The van der Waals surface area contributed by atoms with Crippen molar-refractivity contribution >= 4 is 11.4 Å². The average molecular weight is 172 g/mol. The monoisotopic (exact) mass is 172 g/mol. The van der Waals surface area contributed by atoms with Crippen LogP contribution in [0.25, 0.3) is 0 Å². The number of halogens is 1. The third kappa shape index (κ3) is 1.32. The maximum Gasteiger partial charge on any atom is 0.329 e. The van der Waals surface area contributed by atoms with Crippen molar-refractivity contribution in [2.45, 2.75) is 0 Å². The minimum atomic E-state index is -0.987. The highest BCUT2D eigenvalue weighted by molar-refractivity contribution is 5.60. The number of nitro benzene ring substituents is 1. The summed E-state index contributed by atoms with van der Waals surface area (Å²) in [5.74, 6) is -0.987. The summed E-state index contributed by atoms with van der Waals surface area (Å²) in [6.45, 7) is 0. The van der Waals surface area contributed by atoms with Crippen LogP contribution in [0.15, 0.2) is 18.2 Å². The second-order valence-corrected chi connectivity index (χ2v) is 2.00. The van der Waals surface area contributed by atoms with Crippen LogP contribution in [0.3, 0.4) is 0 Å². The predicted molar refractivity (Wildman–Crippen MR) is 38.5 cm³/mol. The summed E-state index contributed by atoms with van der Waals surface area (Å²) < 4.78 is 12.7. The maximum atomic E-state index is 12.7. The zero-order valence-electron chi connectivity index (χ0n) is 5.82. The number of para-hydroxylation sites is 1. The summed E-state index contributed by atoms with van der Waals surface area (Å²) in [5.41, 5.74) is 0.508. The normalized spacial score (nSPS) is 9.50. The van der Waals surface area contributed by atoms with Gasteiger partial charge in [0.1, 0.15) is 5.69 Å². The lowest BCUT2D eigenvalue weighted by Crippen LogP contribution is -1.99. The van der Waals surface area contributed by atoms with Crippen LogP contribution in [0, 0.1) is 15.9 Å². The van der Waals surface area contributed by atoms with E-state index in [4.69, 9.17) is 5.21 Å². The number of benzene rings is 1. The van der Waals surface area contributed by atoms with E-state index < -0.39 is 16.4 Å². The van der Waals surface area contributed by atoms with Gasteiger partial charge in [-0.3, -0.25) is 20.8 Å².